The molecular formula is C16H18N2O. The van der Waals surface area contributed by atoms with Crippen LogP contribution in [0.15, 0.2) is 60.7 Å². The van der Waals surface area contributed by atoms with Crippen molar-refractivity contribution in [3.05, 3.63) is 66.2 Å². The smallest absolute Gasteiger partial charge is 0.248 e. The molecule has 0 heterocycles. The van der Waals surface area contributed by atoms with Crippen molar-refractivity contribution in [2.75, 3.05) is 11.4 Å². The Labute approximate surface area is 113 Å². The number of likely N-dealkylation sites (N-methyl/N-ethyl adjacent to an activating group) is 1. The molecule has 2 rings (SSSR count). The first-order valence-electron chi connectivity index (χ1n) is 6.41. The number of benzene rings is 2. The van der Waals surface area contributed by atoms with Gasteiger partial charge >= 0.3 is 0 Å². The highest BCUT2D eigenvalue weighted by Gasteiger charge is 2.22. The lowest BCUT2D eigenvalue weighted by molar-refractivity contribution is -0.119. The molecule has 98 valence electrons. The Morgan fingerprint density at radius 3 is 2.11 bits per heavy atom. The molecule has 0 aliphatic heterocycles. The maximum Gasteiger partial charge on any atom is 0.248 e. The second-order valence-electron chi connectivity index (χ2n) is 4.31. The third-order valence-electron chi connectivity index (χ3n) is 3.07. The normalized spacial score (nSPS) is 11.9. The highest BCUT2D eigenvalue weighted by Crippen LogP contribution is 2.19. The van der Waals surface area contributed by atoms with Gasteiger partial charge in [0.05, 0.1) is 0 Å². The lowest BCUT2D eigenvalue weighted by Gasteiger charge is -2.24. The molecule has 0 fully saturated rings. The molecule has 0 radical (unpaired) electrons. The molecular weight excluding hydrogens is 236 g/mol. The zero-order valence-electron chi connectivity index (χ0n) is 11.0. The summed E-state index contributed by atoms with van der Waals surface area (Å²) >= 11 is 0. The summed E-state index contributed by atoms with van der Waals surface area (Å²) in [6.07, 6.45) is 0. The van der Waals surface area contributed by atoms with Crippen LogP contribution in [0.4, 0.5) is 5.69 Å². The lowest BCUT2D eigenvalue weighted by atomic mass is 10.1. The number of amides is 1. The standard InChI is InChI=1S/C16H18N2O/c1-2-18(14-11-7-4-8-12-14)16(19)15(17)13-9-5-3-6-10-13/h3-12,15H,2,17H2,1H3/t15-/m0/s1. The van der Waals surface area contributed by atoms with Crippen molar-refractivity contribution in [2.24, 2.45) is 5.73 Å². The number of carbonyl (C=O) groups excluding carboxylic acids is 1. The van der Waals surface area contributed by atoms with Crippen molar-refractivity contribution in [2.45, 2.75) is 13.0 Å². The molecule has 2 aromatic rings. The van der Waals surface area contributed by atoms with Crippen LogP contribution >= 0.6 is 0 Å². The monoisotopic (exact) mass is 254 g/mol. The fourth-order valence-corrected chi connectivity index (χ4v) is 2.04. The van der Waals surface area contributed by atoms with Gasteiger partial charge in [0.2, 0.25) is 5.91 Å². The molecule has 2 N–H and O–H groups in total. The van der Waals surface area contributed by atoms with E-state index >= 15 is 0 Å². The summed E-state index contributed by atoms with van der Waals surface area (Å²) in [6.45, 7) is 2.55. The molecule has 0 aromatic heterocycles. The number of nitrogens with two attached hydrogens (primary N) is 1. The molecule has 19 heavy (non-hydrogen) atoms. The van der Waals surface area contributed by atoms with E-state index in [2.05, 4.69) is 0 Å². The quantitative estimate of drug-likeness (QED) is 0.912. The second kappa shape index (κ2) is 6.16. The number of hydrogen-bond acceptors (Lipinski definition) is 2. The van der Waals surface area contributed by atoms with Crippen LogP contribution in [-0.4, -0.2) is 12.5 Å². The summed E-state index contributed by atoms with van der Waals surface area (Å²) in [7, 11) is 0. The SMILES string of the molecule is CCN(C(=O)[C@@H](N)c1ccccc1)c1ccccc1. The van der Waals surface area contributed by atoms with Crippen LogP contribution in [-0.2, 0) is 4.79 Å². The molecule has 0 unspecified atom stereocenters. The minimum absolute atomic E-state index is 0.0834. The molecule has 1 amide bonds. The van der Waals surface area contributed by atoms with Crippen molar-refractivity contribution in [3.8, 4) is 0 Å². The minimum atomic E-state index is -0.624. The molecule has 0 bridgehead atoms. The number of nitrogens with zero attached hydrogens (tertiary/aromatic N) is 1. The molecule has 1 atom stereocenters. The van der Waals surface area contributed by atoms with Gasteiger partial charge < -0.3 is 10.6 Å². The van der Waals surface area contributed by atoms with Gasteiger partial charge in [-0.1, -0.05) is 48.5 Å². The Hall–Kier alpha value is -2.13. The third-order valence-corrected chi connectivity index (χ3v) is 3.07. The van der Waals surface area contributed by atoms with Crippen LogP contribution in [0, 0.1) is 0 Å². The molecule has 0 aliphatic rings. The molecule has 2 aromatic carbocycles. The first-order valence-corrected chi connectivity index (χ1v) is 6.41. The van der Waals surface area contributed by atoms with Crippen molar-refractivity contribution in [1.82, 2.24) is 0 Å². The highest BCUT2D eigenvalue weighted by atomic mass is 16.2. The van der Waals surface area contributed by atoms with Crippen LogP contribution in [0.2, 0.25) is 0 Å². The molecule has 0 saturated carbocycles. The number of para-hydroxylation sites is 1. The van der Waals surface area contributed by atoms with E-state index in [1.165, 1.54) is 0 Å². The van der Waals surface area contributed by atoms with Crippen molar-refractivity contribution in [3.63, 3.8) is 0 Å². The summed E-state index contributed by atoms with van der Waals surface area (Å²) in [4.78, 5) is 14.2. The van der Waals surface area contributed by atoms with Gasteiger partial charge in [0.25, 0.3) is 0 Å². The van der Waals surface area contributed by atoms with E-state index in [1.54, 1.807) is 4.90 Å². The second-order valence-corrected chi connectivity index (χ2v) is 4.31. The lowest BCUT2D eigenvalue weighted by Crippen LogP contribution is -2.38. The van der Waals surface area contributed by atoms with Gasteiger partial charge in [0.1, 0.15) is 6.04 Å². The Morgan fingerprint density at radius 2 is 1.58 bits per heavy atom. The van der Waals surface area contributed by atoms with Gasteiger partial charge in [0, 0.05) is 12.2 Å². The summed E-state index contributed by atoms with van der Waals surface area (Å²) in [5.41, 5.74) is 7.77. The van der Waals surface area contributed by atoms with Crippen LogP contribution in [0.5, 0.6) is 0 Å². The first kappa shape index (κ1) is 13.3. The van der Waals surface area contributed by atoms with E-state index in [-0.39, 0.29) is 5.91 Å². The van der Waals surface area contributed by atoms with E-state index < -0.39 is 6.04 Å². The van der Waals surface area contributed by atoms with Crippen molar-refractivity contribution < 1.29 is 4.79 Å². The van der Waals surface area contributed by atoms with Crippen LogP contribution in [0.3, 0.4) is 0 Å². The number of rotatable bonds is 4. The summed E-state index contributed by atoms with van der Waals surface area (Å²) < 4.78 is 0. The van der Waals surface area contributed by atoms with E-state index in [0.29, 0.717) is 6.54 Å². The maximum atomic E-state index is 12.5. The van der Waals surface area contributed by atoms with E-state index in [0.717, 1.165) is 11.3 Å². The van der Waals surface area contributed by atoms with Crippen molar-refractivity contribution >= 4 is 11.6 Å². The van der Waals surface area contributed by atoms with Gasteiger partial charge in [-0.05, 0) is 24.6 Å². The topological polar surface area (TPSA) is 46.3 Å². The zero-order valence-corrected chi connectivity index (χ0v) is 11.0. The van der Waals surface area contributed by atoms with Gasteiger partial charge in [-0.2, -0.15) is 0 Å². The number of carbonyl (C=O) groups is 1. The molecule has 0 spiro atoms. The zero-order chi connectivity index (χ0) is 13.7. The molecule has 0 saturated heterocycles. The Morgan fingerprint density at radius 1 is 1.05 bits per heavy atom. The Bertz CT molecular complexity index is 525. The van der Waals surface area contributed by atoms with Gasteiger partial charge in [0.15, 0.2) is 0 Å². The average molecular weight is 254 g/mol. The highest BCUT2D eigenvalue weighted by molar-refractivity contribution is 5.97. The van der Waals surface area contributed by atoms with Gasteiger partial charge in [-0.25, -0.2) is 0 Å². The van der Waals surface area contributed by atoms with Crippen LogP contribution in [0.1, 0.15) is 18.5 Å². The van der Waals surface area contributed by atoms with E-state index in [9.17, 15) is 4.79 Å². The molecule has 3 nitrogen and oxygen atoms in total. The van der Waals surface area contributed by atoms with Gasteiger partial charge in [-0.3, -0.25) is 4.79 Å². The largest absolute Gasteiger partial charge is 0.316 e. The predicted molar refractivity (Wildman–Crippen MR) is 77.8 cm³/mol. The fraction of sp³-hybridized carbons (Fsp3) is 0.188. The number of anilines is 1. The van der Waals surface area contributed by atoms with E-state index in [4.69, 9.17) is 5.73 Å². The van der Waals surface area contributed by atoms with Crippen LogP contribution < -0.4 is 10.6 Å². The Balaban J connectivity index is 2.22. The van der Waals surface area contributed by atoms with Crippen molar-refractivity contribution in [1.29, 1.82) is 0 Å². The van der Waals surface area contributed by atoms with E-state index in [1.807, 2.05) is 67.6 Å². The minimum Gasteiger partial charge on any atom is -0.316 e. The fourth-order valence-electron chi connectivity index (χ4n) is 2.04. The van der Waals surface area contributed by atoms with Crippen LogP contribution in [0.25, 0.3) is 0 Å². The maximum absolute atomic E-state index is 12.5. The first-order chi connectivity index (χ1) is 9.24. The third kappa shape index (κ3) is 3.01. The average Bonchev–Trinajstić information content (AvgIpc) is 2.49. The predicted octanol–water partition coefficient (Wildman–Crippen LogP) is 2.74. The summed E-state index contributed by atoms with van der Waals surface area (Å²) in [6, 6.07) is 18.4. The molecule has 3 heteroatoms. The van der Waals surface area contributed by atoms with Gasteiger partial charge in [-0.15, -0.1) is 0 Å². The summed E-state index contributed by atoms with van der Waals surface area (Å²) in [5.74, 6) is -0.0834. The Kier molecular flexibility index (Phi) is 4.31. The number of hydrogen-bond donors (Lipinski definition) is 1. The summed E-state index contributed by atoms with van der Waals surface area (Å²) in [5, 5.41) is 0. The molecule has 0 aliphatic carbocycles.